The summed E-state index contributed by atoms with van der Waals surface area (Å²) in [6.45, 7) is 3.60. The quantitative estimate of drug-likeness (QED) is 0.832. The maximum atomic E-state index is 11.5. The zero-order valence-electron chi connectivity index (χ0n) is 9.29. The molecule has 0 spiro atoms. The SMILES string of the molecule is CCCc1cc(=O)[nH]c2c(C(C)=O)csc12. The number of aromatic amines is 1. The molecular weight excluding hydrogens is 222 g/mol. The summed E-state index contributed by atoms with van der Waals surface area (Å²) in [5, 5.41) is 1.82. The van der Waals surface area contributed by atoms with E-state index in [-0.39, 0.29) is 11.3 Å². The molecule has 2 heterocycles. The highest BCUT2D eigenvalue weighted by Crippen LogP contribution is 2.27. The Morgan fingerprint density at radius 1 is 1.50 bits per heavy atom. The molecule has 0 radical (unpaired) electrons. The highest BCUT2D eigenvalue weighted by Gasteiger charge is 2.12. The maximum Gasteiger partial charge on any atom is 0.248 e. The number of Topliss-reactive ketones (excluding diaryl/α,β-unsaturated/α-hetero) is 1. The molecule has 4 heteroatoms. The molecule has 0 fully saturated rings. The van der Waals surface area contributed by atoms with Crippen LogP contribution in [0.3, 0.4) is 0 Å². The van der Waals surface area contributed by atoms with Gasteiger partial charge < -0.3 is 4.98 Å². The minimum Gasteiger partial charge on any atom is -0.321 e. The van der Waals surface area contributed by atoms with Crippen molar-refractivity contribution in [1.82, 2.24) is 4.98 Å². The Morgan fingerprint density at radius 2 is 2.25 bits per heavy atom. The predicted octanol–water partition coefficient (Wildman–Crippen LogP) is 2.74. The van der Waals surface area contributed by atoms with E-state index in [1.54, 1.807) is 6.07 Å². The number of carbonyl (C=O) groups excluding carboxylic acids is 1. The number of H-pyrrole nitrogens is 1. The Labute approximate surface area is 97.1 Å². The van der Waals surface area contributed by atoms with Crippen LogP contribution in [0.4, 0.5) is 0 Å². The maximum absolute atomic E-state index is 11.5. The molecule has 0 bridgehead atoms. The van der Waals surface area contributed by atoms with Gasteiger partial charge in [-0.3, -0.25) is 9.59 Å². The van der Waals surface area contributed by atoms with Gasteiger partial charge in [0.05, 0.1) is 15.8 Å². The summed E-state index contributed by atoms with van der Waals surface area (Å²) in [6.07, 6.45) is 1.87. The number of ketones is 1. The first-order valence-electron chi connectivity index (χ1n) is 5.27. The molecule has 0 aliphatic heterocycles. The lowest BCUT2D eigenvalue weighted by Crippen LogP contribution is -2.07. The number of pyridine rings is 1. The van der Waals surface area contributed by atoms with Crippen molar-refractivity contribution in [1.29, 1.82) is 0 Å². The van der Waals surface area contributed by atoms with Crippen LogP contribution in [0, 0.1) is 0 Å². The fourth-order valence-corrected chi connectivity index (χ4v) is 2.93. The van der Waals surface area contributed by atoms with Crippen molar-refractivity contribution < 1.29 is 4.79 Å². The van der Waals surface area contributed by atoms with Crippen molar-refractivity contribution >= 4 is 27.3 Å². The zero-order chi connectivity index (χ0) is 11.7. The number of hydrogen-bond donors (Lipinski definition) is 1. The van der Waals surface area contributed by atoms with Crippen molar-refractivity contribution in [3.8, 4) is 0 Å². The fourth-order valence-electron chi connectivity index (χ4n) is 1.82. The number of hydrogen-bond acceptors (Lipinski definition) is 3. The molecule has 0 aliphatic carbocycles. The summed E-state index contributed by atoms with van der Waals surface area (Å²) in [5.74, 6) is -0.00412. The molecule has 0 saturated carbocycles. The Hall–Kier alpha value is -1.42. The van der Waals surface area contributed by atoms with E-state index in [0.717, 1.165) is 23.1 Å². The van der Waals surface area contributed by atoms with E-state index in [2.05, 4.69) is 11.9 Å². The lowest BCUT2D eigenvalue weighted by Gasteiger charge is -2.00. The molecule has 0 atom stereocenters. The Kier molecular flexibility index (Phi) is 2.92. The van der Waals surface area contributed by atoms with Gasteiger partial charge >= 0.3 is 0 Å². The number of fused-ring (bicyclic) bond motifs is 1. The van der Waals surface area contributed by atoms with Gasteiger partial charge in [-0.1, -0.05) is 13.3 Å². The number of nitrogens with one attached hydrogen (secondary N) is 1. The summed E-state index contributed by atoms with van der Waals surface area (Å²) in [6, 6.07) is 1.63. The van der Waals surface area contributed by atoms with Gasteiger partial charge in [0, 0.05) is 11.4 Å². The third kappa shape index (κ3) is 1.80. The van der Waals surface area contributed by atoms with E-state index >= 15 is 0 Å². The average molecular weight is 235 g/mol. The first-order valence-corrected chi connectivity index (χ1v) is 6.15. The molecule has 16 heavy (non-hydrogen) atoms. The molecule has 3 nitrogen and oxygen atoms in total. The normalized spacial score (nSPS) is 10.9. The molecule has 2 aromatic heterocycles. The second-order valence-corrected chi connectivity index (χ2v) is 4.70. The lowest BCUT2D eigenvalue weighted by molar-refractivity contribution is 0.101. The highest BCUT2D eigenvalue weighted by atomic mass is 32.1. The molecule has 2 rings (SSSR count). The van der Waals surface area contributed by atoms with E-state index in [1.165, 1.54) is 18.3 Å². The molecule has 1 N–H and O–H groups in total. The summed E-state index contributed by atoms with van der Waals surface area (Å²) in [5.41, 5.74) is 2.24. The fraction of sp³-hybridized carbons (Fsp3) is 0.333. The molecule has 2 aromatic rings. The number of rotatable bonds is 3. The summed E-state index contributed by atoms with van der Waals surface area (Å²) in [7, 11) is 0. The first kappa shape index (κ1) is 11.1. The third-order valence-corrected chi connectivity index (χ3v) is 3.59. The van der Waals surface area contributed by atoms with Crippen LogP contribution < -0.4 is 5.56 Å². The van der Waals surface area contributed by atoms with Gasteiger partial charge in [0.15, 0.2) is 5.78 Å². The largest absolute Gasteiger partial charge is 0.321 e. The average Bonchev–Trinajstić information content (AvgIpc) is 2.61. The molecule has 0 unspecified atom stereocenters. The Bertz CT molecular complexity index is 595. The smallest absolute Gasteiger partial charge is 0.248 e. The Morgan fingerprint density at radius 3 is 2.88 bits per heavy atom. The number of thiophene rings is 1. The number of aryl methyl sites for hydroxylation is 1. The summed E-state index contributed by atoms with van der Waals surface area (Å²) >= 11 is 1.53. The van der Waals surface area contributed by atoms with E-state index in [0.29, 0.717) is 11.1 Å². The van der Waals surface area contributed by atoms with Crippen LogP contribution in [0.15, 0.2) is 16.2 Å². The van der Waals surface area contributed by atoms with Crippen molar-refractivity contribution in [2.75, 3.05) is 0 Å². The lowest BCUT2D eigenvalue weighted by atomic mass is 10.1. The van der Waals surface area contributed by atoms with Gasteiger partial charge in [-0.15, -0.1) is 11.3 Å². The van der Waals surface area contributed by atoms with Gasteiger partial charge in [0.25, 0.3) is 0 Å². The third-order valence-electron chi connectivity index (χ3n) is 2.53. The summed E-state index contributed by atoms with van der Waals surface area (Å²) in [4.78, 5) is 25.6. The first-order chi connectivity index (χ1) is 7.63. The molecule has 0 aliphatic rings. The summed E-state index contributed by atoms with van der Waals surface area (Å²) < 4.78 is 1.03. The van der Waals surface area contributed by atoms with E-state index < -0.39 is 0 Å². The van der Waals surface area contributed by atoms with Crippen LogP contribution in [0.25, 0.3) is 10.2 Å². The van der Waals surface area contributed by atoms with Gasteiger partial charge in [-0.05, 0) is 18.9 Å². The van der Waals surface area contributed by atoms with Crippen LogP contribution in [-0.4, -0.2) is 10.8 Å². The molecular formula is C12H13NO2S. The predicted molar refractivity (Wildman–Crippen MR) is 66.4 cm³/mol. The topological polar surface area (TPSA) is 49.9 Å². The van der Waals surface area contributed by atoms with E-state index in [9.17, 15) is 9.59 Å². The van der Waals surface area contributed by atoms with Gasteiger partial charge in [0.2, 0.25) is 5.56 Å². The second kappa shape index (κ2) is 4.22. The minimum atomic E-state index is -0.128. The van der Waals surface area contributed by atoms with Crippen molar-refractivity contribution in [3.05, 3.63) is 32.9 Å². The van der Waals surface area contributed by atoms with Crippen LogP contribution in [0.1, 0.15) is 36.2 Å². The van der Waals surface area contributed by atoms with Crippen LogP contribution in [0.2, 0.25) is 0 Å². The minimum absolute atomic E-state index is 0.00412. The standard InChI is InChI=1S/C12H13NO2S/c1-3-4-8-5-10(15)13-11-9(7(2)14)6-16-12(8)11/h5-6H,3-4H2,1-2H3,(H,13,15). The van der Waals surface area contributed by atoms with E-state index in [1.807, 2.05) is 5.38 Å². The second-order valence-electron chi connectivity index (χ2n) is 3.82. The number of aromatic nitrogens is 1. The van der Waals surface area contributed by atoms with Crippen LogP contribution >= 0.6 is 11.3 Å². The monoisotopic (exact) mass is 235 g/mol. The van der Waals surface area contributed by atoms with Gasteiger partial charge in [0.1, 0.15) is 0 Å². The van der Waals surface area contributed by atoms with Gasteiger partial charge in [-0.25, -0.2) is 0 Å². The van der Waals surface area contributed by atoms with Crippen LogP contribution in [0.5, 0.6) is 0 Å². The molecule has 0 amide bonds. The number of carbonyl (C=O) groups is 1. The zero-order valence-corrected chi connectivity index (χ0v) is 10.1. The van der Waals surface area contributed by atoms with Crippen molar-refractivity contribution in [3.63, 3.8) is 0 Å². The van der Waals surface area contributed by atoms with E-state index in [4.69, 9.17) is 0 Å². The van der Waals surface area contributed by atoms with Gasteiger partial charge in [-0.2, -0.15) is 0 Å². The highest BCUT2D eigenvalue weighted by molar-refractivity contribution is 7.17. The van der Waals surface area contributed by atoms with Crippen molar-refractivity contribution in [2.24, 2.45) is 0 Å². The van der Waals surface area contributed by atoms with Crippen molar-refractivity contribution in [2.45, 2.75) is 26.7 Å². The molecule has 0 aromatic carbocycles. The molecule has 0 saturated heterocycles. The van der Waals surface area contributed by atoms with Crippen LogP contribution in [-0.2, 0) is 6.42 Å². The molecule has 84 valence electrons. The Balaban J connectivity index is 2.75.